The number of thioether (sulfide) groups is 1. The van der Waals surface area contributed by atoms with E-state index in [9.17, 15) is 14.4 Å². The number of nitrogens with one attached hydrogen (secondary N) is 2. The average Bonchev–Trinajstić information content (AvgIpc) is 3.72. The minimum atomic E-state index is -0.571. The molecule has 0 bridgehead atoms. The van der Waals surface area contributed by atoms with E-state index in [1.54, 1.807) is 26.0 Å². The van der Waals surface area contributed by atoms with E-state index in [0.29, 0.717) is 21.5 Å². The number of rotatable bonds is 10. The maximum atomic E-state index is 13.5. The highest BCUT2D eigenvalue weighted by atomic mass is 32.2. The highest BCUT2D eigenvalue weighted by Gasteiger charge is 2.29. The van der Waals surface area contributed by atoms with E-state index in [2.05, 4.69) is 20.8 Å². The Morgan fingerprint density at radius 1 is 1.17 bits per heavy atom. The normalized spacial score (nSPS) is 13.3. The van der Waals surface area contributed by atoms with E-state index >= 15 is 0 Å². The van der Waals surface area contributed by atoms with Gasteiger partial charge in [-0.1, -0.05) is 23.9 Å². The molecule has 0 spiro atoms. The van der Waals surface area contributed by atoms with Gasteiger partial charge in [0.25, 0.3) is 5.91 Å². The molecule has 10 nitrogen and oxygen atoms in total. The van der Waals surface area contributed by atoms with Crippen LogP contribution in [0.15, 0.2) is 46.2 Å². The molecule has 5 rings (SSSR count). The molecule has 0 aliphatic heterocycles. The smallest absolute Gasteiger partial charge is 0.341 e. The van der Waals surface area contributed by atoms with Crippen molar-refractivity contribution in [1.82, 2.24) is 20.1 Å². The Bertz CT molecular complexity index is 1610. The summed E-state index contributed by atoms with van der Waals surface area (Å²) in [4.78, 5) is 40.0. The van der Waals surface area contributed by atoms with Gasteiger partial charge in [0.2, 0.25) is 5.91 Å². The molecule has 0 fully saturated rings. The number of carbonyl (C=O) groups is 3. The first-order valence-corrected chi connectivity index (χ1v) is 15.6. The zero-order valence-corrected chi connectivity index (χ0v) is 25.6. The van der Waals surface area contributed by atoms with Crippen molar-refractivity contribution in [2.45, 2.75) is 70.3 Å². The van der Waals surface area contributed by atoms with Crippen LogP contribution in [0.2, 0.25) is 0 Å². The molecule has 220 valence electrons. The Balaban J connectivity index is 1.39. The van der Waals surface area contributed by atoms with Crippen molar-refractivity contribution < 1.29 is 23.5 Å². The second-order valence-electron chi connectivity index (χ2n) is 10.1. The molecule has 1 atom stereocenters. The number of hydrogen-bond donors (Lipinski definition) is 2. The van der Waals surface area contributed by atoms with Gasteiger partial charge in [-0.3, -0.25) is 14.2 Å². The summed E-state index contributed by atoms with van der Waals surface area (Å²) in [5.74, 6) is -0.316. The van der Waals surface area contributed by atoms with Crippen molar-refractivity contribution in [2.75, 3.05) is 11.9 Å². The molecule has 3 aromatic heterocycles. The highest BCUT2D eigenvalue weighted by molar-refractivity contribution is 8.00. The minimum Gasteiger partial charge on any atom is -0.462 e. The number of ether oxygens (including phenoxy) is 1. The lowest BCUT2D eigenvalue weighted by molar-refractivity contribution is -0.115. The fraction of sp³-hybridized carbons (Fsp3) is 0.367. The number of hydrogen-bond acceptors (Lipinski definition) is 9. The minimum absolute atomic E-state index is 0.102. The fourth-order valence-electron chi connectivity index (χ4n) is 4.85. The van der Waals surface area contributed by atoms with E-state index in [1.807, 2.05) is 36.6 Å². The number of thiophene rings is 1. The molecule has 12 heteroatoms. The second kappa shape index (κ2) is 13.0. The monoisotopic (exact) mass is 607 g/mol. The Hall–Kier alpha value is -3.90. The van der Waals surface area contributed by atoms with E-state index in [1.165, 1.54) is 29.4 Å². The van der Waals surface area contributed by atoms with Crippen LogP contribution < -0.4 is 10.6 Å². The lowest BCUT2D eigenvalue weighted by Crippen LogP contribution is -2.25. The zero-order valence-electron chi connectivity index (χ0n) is 24.0. The molecule has 1 aliphatic carbocycles. The van der Waals surface area contributed by atoms with Crippen LogP contribution in [-0.2, 0) is 28.9 Å². The summed E-state index contributed by atoms with van der Waals surface area (Å²) < 4.78 is 12.4. The van der Waals surface area contributed by atoms with Crippen molar-refractivity contribution in [3.63, 3.8) is 0 Å². The third-order valence-electron chi connectivity index (χ3n) is 7.00. The SMILES string of the molecule is CCOC(=O)c1c(NC(=O)[C@@H](C)Sc2nnc(CNC(=O)c3ccco3)n2-c2cc(C)ccc2C)sc2c1CCCC2. The van der Waals surface area contributed by atoms with Crippen molar-refractivity contribution in [1.29, 1.82) is 0 Å². The number of nitrogens with zero attached hydrogens (tertiary/aromatic N) is 3. The molecule has 4 aromatic rings. The molecule has 0 radical (unpaired) electrons. The van der Waals surface area contributed by atoms with Crippen LogP contribution in [0.25, 0.3) is 5.69 Å². The number of fused-ring (bicyclic) bond motifs is 1. The van der Waals surface area contributed by atoms with Gasteiger partial charge in [-0.05, 0) is 88.3 Å². The largest absolute Gasteiger partial charge is 0.462 e. The Kier molecular flexibility index (Phi) is 9.12. The van der Waals surface area contributed by atoms with Crippen molar-refractivity contribution in [3.05, 3.63) is 75.3 Å². The summed E-state index contributed by atoms with van der Waals surface area (Å²) in [6.45, 7) is 7.91. The third-order valence-corrected chi connectivity index (χ3v) is 9.25. The summed E-state index contributed by atoms with van der Waals surface area (Å²) >= 11 is 2.71. The van der Waals surface area contributed by atoms with E-state index in [4.69, 9.17) is 9.15 Å². The summed E-state index contributed by atoms with van der Waals surface area (Å²) in [6, 6.07) is 9.29. The first-order chi connectivity index (χ1) is 20.3. The molecule has 2 N–H and O–H groups in total. The molecule has 0 saturated heterocycles. The van der Waals surface area contributed by atoms with Crippen LogP contribution >= 0.6 is 23.1 Å². The van der Waals surface area contributed by atoms with Crippen molar-refractivity contribution >= 4 is 45.9 Å². The van der Waals surface area contributed by atoms with Gasteiger partial charge in [-0.25, -0.2) is 4.79 Å². The number of furan rings is 1. The number of esters is 1. The first-order valence-electron chi connectivity index (χ1n) is 13.9. The number of carbonyl (C=O) groups excluding carboxylic acids is 3. The van der Waals surface area contributed by atoms with E-state index in [0.717, 1.165) is 52.9 Å². The van der Waals surface area contributed by atoms with Crippen LogP contribution in [0, 0.1) is 13.8 Å². The number of benzene rings is 1. The zero-order chi connectivity index (χ0) is 29.8. The van der Waals surface area contributed by atoms with Gasteiger partial charge in [-0.2, -0.15) is 0 Å². The lowest BCUT2D eigenvalue weighted by atomic mass is 9.95. The highest BCUT2D eigenvalue weighted by Crippen LogP contribution is 2.39. The lowest BCUT2D eigenvalue weighted by Gasteiger charge is -2.16. The number of aryl methyl sites for hydroxylation is 3. The van der Waals surface area contributed by atoms with Crippen LogP contribution in [0.3, 0.4) is 0 Å². The van der Waals surface area contributed by atoms with Gasteiger partial charge in [0, 0.05) is 4.88 Å². The predicted octanol–water partition coefficient (Wildman–Crippen LogP) is 5.64. The molecule has 3 heterocycles. The van der Waals surface area contributed by atoms with Crippen molar-refractivity contribution in [2.24, 2.45) is 0 Å². The number of amides is 2. The molecule has 42 heavy (non-hydrogen) atoms. The van der Waals surface area contributed by atoms with Gasteiger partial charge in [0.05, 0.1) is 35.9 Å². The van der Waals surface area contributed by atoms with E-state index in [-0.39, 0.29) is 30.7 Å². The van der Waals surface area contributed by atoms with Gasteiger partial charge in [-0.15, -0.1) is 21.5 Å². The maximum absolute atomic E-state index is 13.5. The van der Waals surface area contributed by atoms with Crippen LogP contribution in [0.4, 0.5) is 5.00 Å². The third kappa shape index (κ3) is 6.29. The summed E-state index contributed by atoms with van der Waals surface area (Å²) in [5.41, 5.74) is 4.37. The molecule has 1 aromatic carbocycles. The van der Waals surface area contributed by atoms with Crippen LogP contribution in [0.1, 0.15) is 75.0 Å². The first kappa shape index (κ1) is 29.6. The molecule has 2 amide bonds. The fourth-order valence-corrected chi connectivity index (χ4v) is 7.01. The van der Waals surface area contributed by atoms with Crippen molar-refractivity contribution in [3.8, 4) is 5.69 Å². The summed E-state index contributed by atoms with van der Waals surface area (Å²) in [7, 11) is 0. The van der Waals surface area contributed by atoms with Crippen LogP contribution in [0.5, 0.6) is 0 Å². The van der Waals surface area contributed by atoms with Gasteiger partial charge < -0.3 is 19.8 Å². The predicted molar refractivity (Wildman–Crippen MR) is 162 cm³/mol. The quantitative estimate of drug-likeness (QED) is 0.175. The summed E-state index contributed by atoms with van der Waals surface area (Å²) in [5, 5.41) is 15.1. The Morgan fingerprint density at radius 2 is 1.98 bits per heavy atom. The molecule has 1 aliphatic rings. The number of anilines is 1. The van der Waals surface area contributed by atoms with Gasteiger partial charge in [0.15, 0.2) is 16.7 Å². The van der Waals surface area contributed by atoms with Crippen LogP contribution in [-0.4, -0.2) is 44.4 Å². The molecular weight excluding hydrogens is 574 g/mol. The standard InChI is InChI=1S/C30H33N5O5S2/c1-5-39-29(38)25-20-9-6-7-11-23(20)42-28(25)32-26(36)19(4)41-30-34-33-24(16-31-27(37)22-10-8-14-40-22)35(30)21-15-17(2)12-13-18(21)3/h8,10,12-15,19H,5-7,9,11,16H2,1-4H3,(H,31,37)(H,32,36)/t19-/m1/s1. The average molecular weight is 608 g/mol. The van der Waals surface area contributed by atoms with Gasteiger partial charge >= 0.3 is 5.97 Å². The summed E-state index contributed by atoms with van der Waals surface area (Å²) in [6.07, 6.45) is 5.21. The number of aromatic nitrogens is 3. The Morgan fingerprint density at radius 3 is 2.74 bits per heavy atom. The van der Waals surface area contributed by atoms with Gasteiger partial charge in [0.1, 0.15) is 5.00 Å². The second-order valence-corrected chi connectivity index (χ2v) is 12.5. The molecule has 0 saturated carbocycles. The topological polar surface area (TPSA) is 128 Å². The van der Waals surface area contributed by atoms with E-state index < -0.39 is 11.2 Å². The Labute approximate surface area is 252 Å². The maximum Gasteiger partial charge on any atom is 0.341 e. The molecule has 0 unspecified atom stereocenters. The molecular formula is C30H33N5O5S2.